The van der Waals surface area contributed by atoms with Crippen LogP contribution in [0.1, 0.15) is 51.3 Å². The minimum absolute atomic E-state index is 0.0360. The number of rotatable bonds is 10. The molecule has 0 bridgehead atoms. The van der Waals surface area contributed by atoms with E-state index in [0.717, 1.165) is 27.1 Å². The Morgan fingerprint density at radius 3 is 1.42 bits per heavy atom. The lowest BCUT2D eigenvalue weighted by molar-refractivity contribution is -0.154. The van der Waals surface area contributed by atoms with Crippen LogP contribution in [-0.2, 0) is 24.2 Å². The van der Waals surface area contributed by atoms with Crippen LogP contribution < -0.4 is 10.4 Å². The van der Waals surface area contributed by atoms with Crippen molar-refractivity contribution < 1.29 is 23.0 Å². The summed E-state index contributed by atoms with van der Waals surface area (Å²) in [5.41, 5.74) is 2.21. The Hall–Kier alpha value is -4.17. The molecule has 3 atom stereocenters. The van der Waals surface area contributed by atoms with E-state index in [-0.39, 0.29) is 17.5 Å². The van der Waals surface area contributed by atoms with Crippen molar-refractivity contribution in [1.29, 1.82) is 0 Å². The third-order valence-electron chi connectivity index (χ3n) is 10.0. The zero-order valence-electron chi connectivity index (χ0n) is 29.4. The molecule has 1 unspecified atom stereocenters. The maximum Gasteiger partial charge on any atom is 0.262 e. The molecule has 0 aromatic heterocycles. The molecule has 1 aliphatic carbocycles. The summed E-state index contributed by atoms with van der Waals surface area (Å²) < 4.78 is 45.1. The van der Waals surface area contributed by atoms with E-state index >= 15 is 4.39 Å². The normalized spacial score (nSPS) is 20.6. The monoisotopic (exact) mass is 684 g/mol. The van der Waals surface area contributed by atoms with E-state index in [2.05, 4.69) is 81.4 Å². The second kappa shape index (κ2) is 13.5. The van der Waals surface area contributed by atoms with Crippen LogP contribution in [0.5, 0.6) is 0 Å². The van der Waals surface area contributed by atoms with Crippen molar-refractivity contribution in [2.75, 3.05) is 6.61 Å². The molecule has 0 spiro atoms. The van der Waals surface area contributed by atoms with E-state index in [0.29, 0.717) is 5.57 Å². The minimum atomic E-state index is -3.16. The van der Waals surface area contributed by atoms with E-state index in [1.54, 1.807) is 0 Å². The Labute approximate surface area is 296 Å². The fourth-order valence-electron chi connectivity index (χ4n) is 7.85. The standard InChI is InChI=1S/C44H45FO4Si/c1-42(2,3)50(35-27-17-9-18-28-35,36-29-19-10-20-30-36)49-40-38(45)37(39-41(40)48-43(4,5)47-39)31-46-44(32-21-11-6-12-22-32,33-23-13-7-14-24-33)34-25-15-8-16-26-34/h6-30,39-41H,31H2,1-5H3/t39-,40+,41?/m1/s1. The van der Waals surface area contributed by atoms with Gasteiger partial charge in [-0.3, -0.25) is 0 Å². The molecule has 7 rings (SSSR count). The second-order valence-electron chi connectivity index (χ2n) is 14.7. The van der Waals surface area contributed by atoms with E-state index in [1.165, 1.54) is 0 Å². The maximum absolute atomic E-state index is 17.5. The van der Waals surface area contributed by atoms with Gasteiger partial charge in [-0.2, -0.15) is 0 Å². The Bertz CT molecular complexity index is 1770. The van der Waals surface area contributed by atoms with Crippen molar-refractivity contribution in [2.24, 2.45) is 0 Å². The molecule has 0 saturated carbocycles. The molecule has 1 heterocycles. The predicted molar refractivity (Wildman–Crippen MR) is 200 cm³/mol. The zero-order valence-corrected chi connectivity index (χ0v) is 30.4. The Morgan fingerprint density at radius 2 is 1.02 bits per heavy atom. The van der Waals surface area contributed by atoms with Crippen LogP contribution in [-0.4, -0.2) is 39.0 Å². The van der Waals surface area contributed by atoms with Gasteiger partial charge < -0.3 is 18.6 Å². The lowest BCUT2D eigenvalue weighted by Gasteiger charge is -2.45. The third kappa shape index (κ3) is 5.99. The van der Waals surface area contributed by atoms with Crippen LogP contribution in [0, 0.1) is 0 Å². The first kappa shape index (κ1) is 34.3. The number of halogens is 1. The van der Waals surface area contributed by atoms with Gasteiger partial charge in [0.2, 0.25) is 0 Å². The molecule has 0 amide bonds. The average molecular weight is 685 g/mol. The maximum atomic E-state index is 17.5. The molecule has 50 heavy (non-hydrogen) atoms. The number of hydrogen-bond acceptors (Lipinski definition) is 4. The van der Waals surface area contributed by atoms with Crippen molar-refractivity contribution in [3.05, 3.63) is 180 Å². The SMILES string of the molecule is CC1(C)OC2[C@H](O1)C(COC(c1ccccc1)(c1ccccc1)c1ccccc1)=C(F)[C@@H]2O[Si](c1ccccc1)(c1ccccc1)C(C)(C)C. The van der Waals surface area contributed by atoms with Gasteiger partial charge >= 0.3 is 0 Å². The van der Waals surface area contributed by atoms with Gasteiger partial charge in [0.05, 0.1) is 6.61 Å². The lowest BCUT2D eigenvalue weighted by atomic mass is 9.80. The first-order chi connectivity index (χ1) is 24.1. The number of fused-ring (bicyclic) bond motifs is 1. The molecule has 5 aromatic carbocycles. The molecule has 256 valence electrons. The Kier molecular flexibility index (Phi) is 9.26. The fraction of sp³-hybridized carbons (Fsp3) is 0.273. The highest BCUT2D eigenvalue weighted by molar-refractivity contribution is 6.99. The first-order valence-corrected chi connectivity index (χ1v) is 19.3. The zero-order chi connectivity index (χ0) is 35.0. The van der Waals surface area contributed by atoms with Gasteiger partial charge in [-0.05, 0) is 45.9 Å². The molecule has 1 aliphatic heterocycles. The summed E-state index contributed by atoms with van der Waals surface area (Å²) in [6.45, 7) is 10.3. The van der Waals surface area contributed by atoms with Crippen molar-refractivity contribution in [3.63, 3.8) is 0 Å². The summed E-state index contributed by atoms with van der Waals surface area (Å²) in [6, 6.07) is 51.0. The minimum Gasteiger partial charge on any atom is -0.395 e. The molecule has 6 heteroatoms. The first-order valence-electron chi connectivity index (χ1n) is 17.4. The van der Waals surface area contributed by atoms with Crippen molar-refractivity contribution in [3.8, 4) is 0 Å². The van der Waals surface area contributed by atoms with E-state index in [1.807, 2.05) is 105 Å². The molecule has 1 saturated heterocycles. The summed E-state index contributed by atoms with van der Waals surface area (Å²) in [6.07, 6.45) is -2.37. The van der Waals surface area contributed by atoms with Crippen molar-refractivity contribution >= 4 is 18.7 Å². The summed E-state index contributed by atoms with van der Waals surface area (Å²) in [5.74, 6) is -1.32. The summed E-state index contributed by atoms with van der Waals surface area (Å²) in [4.78, 5) is 0. The second-order valence-corrected chi connectivity index (χ2v) is 18.9. The number of hydrogen-bond donors (Lipinski definition) is 0. The van der Waals surface area contributed by atoms with E-state index in [9.17, 15) is 0 Å². The highest BCUT2D eigenvalue weighted by atomic mass is 28.4. The van der Waals surface area contributed by atoms with Gasteiger partial charge in [0, 0.05) is 5.57 Å². The number of ether oxygens (including phenoxy) is 3. The predicted octanol–water partition coefficient (Wildman–Crippen LogP) is 8.70. The average Bonchev–Trinajstić information content (AvgIpc) is 3.57. The summed E-state index contributed by atoms with van der Waals surface area (Å²) in [7, 11) is -3.16. The van der Waals surface area contributed by atoms with Gasteiger partial charge in [0.25, 0.3) is 8.32 Å². The summed E-state index contributed by atoms with van der Waals surface area (Å²) in [5, 5.41) is 1.78. The largest absolute Gasteiger partial charge is 0.395 e. The van der Waals surface area contributed by atoms with Crippen molar-refractivity contribution in [1.82, 2.24) is 0 Å². The molecule has 2 aliphatic rings. The molecule has 0 N–H and O–H groups in total. The molecule has 1 fully saturated rings. The van der Waals surface area contributed by atoms with E-state index < -0.39 is 38.0 Å². The topological polar surface area (TPSA) is 36.9 Å². The summed E-state index contributed by atoms with van der Waals surface area (Å²) >= 11 is 0. The van der Waals surface area contributed by atoms with Crippen LogP contribution in [0.25, 0.3) is 0 Å². The van der Waals surface area contributed by atoms with Gasteiger partial charge in [0.1, 0.15) is 29.7 Å². The van der Waals surface area contributed by atoms with Crippen molar-refractivity contribution in [2.45, 2.75) is 69.4 Å². The molecule has 4 nitrogen and oxygen atoms in total. The van der Waals surface area contributed by atoms with E-state index in [4.69, 9.17) is 18.6 Å². The molecular weight excluding hydrogens is 640 g/mol. The fourth-order valence-corrected chi connectivity index (χ4v) is 12.5. The molecular formula is C44H45FO4Si. The van der Waals surface area contributed by atoms with Crippen LogP contribution in [0.15, 0.2) is 163 Å². The lowest BCUT2D eigenvalue weighted by Crippen LogP contribution is -2.68. The van der Waals surface area contributed by atoms with Crippen LogP contribution >= 0.6 is 0 Å². The van der Waals surface area contributed by atoms with Gasteiger partial charge in [-0.1, -0.05) is 172 Å². The Balaban J connectivity index is 1.36. The Morgan fingerprint density at radius 1 is 0.620 bits per heavy atom. The van der Waals surface area contributed by atoms with Gasteiger partial charge in [-0.25, -0.2) is 4.39 Å². The molecule has 0 radical (unpaired) electrons. The smallest absolute Gasteiger partial charge is 0.262 e. The van der Waals surface area contributed by atoms with Crippen LogP contribution in [0.2, 0.25) is 5.04 Å². The third-order valence-corrected chi connectivity index (χ3v) is 15.0. The highest BCUT2D eigenvalue weighted by Crippen LogP contribution is 2.48. The quantitative estimate of drug-likeness (QED) is 0.109. The van der Waals surface area contributed by atoms with Crippen LogP contribution in [0.3, 0.4) is 0 Å². The molecule has 5 aromatic rings. The number of benzene rings is 5. The highest BCUT2D eigenvalue weighted by Gasteiger charge is 2.60. The van der Waals surface area contributed by atoms with Gasteiger partial charge in [-0.15, -0.1) is 0 Å². The van der Waals surface area contributed by atoms with Crippen LogP contribution in [0.4, 0.5) is 4.39 Å². The van der Waals surface area contributed by atoms with Gasteiger partial charge in [0.15, 0.2) is 5.79 Å².